The highest BCUT2D eigenvalue weighted by atomic mass is 35.5. The molecule has 0 aliphatic heterocycles. The van der Waals surface area contributed by atoms with Crippen LogP contribution in [0.4, 0.5) is 5.69 Å². The van der Waals surface area contributed by atoms with Crippen molar-refractivity contribution in [2.24, 2.45) is 0 Å². The second-order valence-corrected chi connectivity index (χ2v) is 6.70. The molecule has 0 unspecified atom stereocenters. The Hall–Kier alpha value is -3.01. The van der Waals surface area contributed by atoms with Crippen LogP contribution in [-0.2, 0) is 0 Å². The molecule has 0 atom stereocenters. The summed E-state index contributed by atoms with van der Waals surface area (Å²) in [6.07, 6.45) is 1.60. The molecule has 26 heavy (non-hydrogen) atoms. The molecule has 1 heterocycles. The van der Waals surface area contributed by atoms with Crippen molar-refractivity contribution >= 4 is 40.7 Å². The third-order valence-electron chi connectivity index (χ3n) is 3.43. The summed E-state index contributed by atoms with van der Waals surface area (Å²) in [6.45, 7) is 0. The SMILES string of the molecule is N#CC(=Cc1ccc(Sc2ccc(Cl)cc2)o1)c1ccc([N+](=O)[O-])cc1. The lowest BCUT2D eigenvalue weighted by Crippen LogP contribution is -1.88. The first-order valence-electron chi connectivity index (χ1n) is 7.45. The van der Waals surface area contributed by atoms with E-state index in [-0.39, 0.29) is 5.69 Å². The van der Waals surface area contributed by atoms with Gasteiger partial charge in [-0.15, -0.1) is 0 Å². The van der Waals surface area contributed by atoms with Gasteiger partial charge in [0.05, 0.1) is 16.6 Å². The number of nitriles is 1. The molecule has 1 aromatic heterocycles. The zero-order valence-electron chi connectivity index (χ0n) is 13.3. The molecule has 0 spiro atoms. The molecule has 7 heteroatoms. The maximum atomic E-state index is 10.7. The van der Waals surface area contributed by atoms with Crippen LogP contribution in [-0.4, -0.2) is 4.92 Å². The van der Waals surface area contributed by atoms with Gasteiger partial charge in [0.25, 0.3) is 5.69 Å². The minimum absolute atomic E-state index is 0.0225. The van der Waals surface area contributed by atoms with E-state index in [0.29, 0.717) is 27.0 Å². The van der Waals surface area contributed by atoms with E-state index in [4.69, 9.17) is 16.0 Å². The molecule has 0 bridgehead atoms. The molecule has 0 fully saturated rings. The Bertz CT molecular complexity index is 1000. The highest BCUT2D eigenvalue weighted by Crippen LogP contribution is 2.31. The topological polar surface area (TPSA) is 80.1 Å². The van der Waals surface area contributed by atoms with E-state index in [9.17, 15) is 15.4 Å². The number of nitrogens with zero attached hydrogens (tertiary/aromatic N) is 2. The van der Waals surface area contributed by atoms with Gasteiger partial charge in [0.15, 0.2) is 5.09 Å². The Labute approximate surface area is 158 Å². The molecular formula is C19H11ClN2O3S. The fourth-order valence-corrected chi connectivity index (χ4v) is 3.08. The zero-order chi connectivity index (χ0) is 18.5. The largest absolute Gasteiger partial charge is 0.450 e. The summed E-state index contributed by atoms with van der Waals surface area (Å²) in [6, 6.07) is 18.9. The molecular weight excluding hydrogens is 372 g/mol. The van der Waals surface area contributed by atoms with E-state index in [0.717, 1.165) is 4.90 Å². The van der Waals surface area contributed by atoms with Gasteiger partial charge < -0.3 is 4.42 Å². The van der Waals surface area contributed by atoms with Gasteiger partial charge in [-0.1, -0.05) is 23.4 Å². The average molecular weight is 383 g/mol. The van der Waals surface area contributed by atoms with Crippen LogP contribution >= 0.6 is 23.4 Å². The first-order chi connectivity index (χ1) is 12.5. The van der Waals surface area contributed by atoms with Crippen molar-refractivity contribution in [2.75, 3.05) is 0 Å². The van der Waals surface area contributed by atoms with Crippen LogP contribution in [0.25, 0.3) is 11.6 Å². The van der Waals surface area contributed by atoms with Crippen molar-refractivity contribution in [3.8, 4) is 6.07 Å². The molecule has 0 saturated heterocycles. The lowest BCUT2D eigenvalue weighted by molar-refractivity contribution is -0.384. The number of rotatable bonds is 5. The highest BCUT2D eigenvalue weighted by molar-refractivity contribution is 7.99. The van der Waals surface area contributed by atoms with Crippen molar-refractivity contribution in [1.82, 2.24) is 0 Å². The minimum atomic E-state index is -0.480. The van der Waals surface area contributed by atoms with E-state index < -0.39 is 4.92 Å². The fourth-order valence-electron chi connectivity index (χ4n) is 2.17. The molecule has 3 aromatic rings. The summed E-state index contributed by atoms with van der Waals surface area (Å²) in [5, 5.41) is 21.4. The van der Waals surface area contributed by atoms with Crippen LogP contribution in [0.2, 0.25) is 5.02 Å². The smallest absolute Gasteiger partial charge is 0.269 e. The third kappa shape index (κ3) is 4.33. The normalized spacial score (nSPS) is 11.2. The number of benzene rings is 2. The Morgan fingerprint density at radius 1 is 1.12 bits per heavy atom. The number of nitro benzene ring substituents is 1. The first-order valence-corrected chi connectivity index (χ1v) is 8.64. The molecule has 3 rings (SSSR count). The van der Waals surface area contributed by atoms with Crippen molar-refractivity contribution in [3.05, 3.63) is 87.1 Å². The van der Waals surface area contributed by atoms with Crippen LogP contribution in [0.1, 0.15) is 11.3 Å². The Morgan fingerprint density at radius 2 is 1.81 bits per heavy atom. The van der Waals surface area contributed by atoms with Crippen LogP contribution in [0.15, 0.2) is 75.1 Å². The molecule has 0 saturated carbocycles. The van der Waals surface area contributed by atoms with Crippen LogP contribution in [0, 0.1) is 21.4 Å². The van der Waals surface area contributed by atoms with E-state index >= 15 is 0 Å². The van der Waals surface area contributed by atoms with Gasteiger partial charge in [-0.2, -0.15) is 5.26 Å². The van der Waals surface area contributed by atoms with Gasteiger partial charge >= 0.3 is 0 Å². The Balaban J connectivity index is 1.79. The maximum absolute atomic E-state index is 10.7. The number of hydrogen-bond acceptors (Lipinski definition) is 5. The van der Waals surface area contributed by atoms with Gasteiger partial charge in [-0.3, -0.25) is 10.1 Å². The molecule has 2 aromatic carbocycles. The minimum Gasteiger partial charge on any atom is -0.450 e. The number of nitro groups is 1. The molecule has 0 amide bonds. The Morgan fingerprint density at radius 3 is 2.42 bits per heavy atom. The summed E-state index contributed by atoms with van der Waals surface area (Å²) < 4.78 is 5.73. The summed E-state index contributed by atoms with van der Waals surface area (Å²) in [5.74, 6) is 0.524. The lowest BCUT2D eigenvalue weighted by Gasteiger charge is -1.99. The monoisotopic (exact) mass is 382 g/mol. The van der Waals surface area contributed by atoms with Gasteiger partial charge in [-0.05, 0) is 60.2 Å². The predicted octanol–water partition coefficient (Wildman–Crippen LogP) is 6.06. The first kappa shape index (κ1) is 17.8. The van der Waals surface area contributed by atoms with Gasteiger partial charge in [-0.25, -0.2) is 0 Å². The molecule has 5 nitrogen and oxygen atoms in total. The van der Waals surface area contributed by atoms with Gasteiger partial charge in [0.1, 0.15) is 5.76 Å². The van der Waals surface area contributed by atoms with Gasteiger partial charge in [0, 0.05) is 22.1 Å². The zero-order valence-corrected chi connectivity index (χ0v) is 14.8. The predicted molar refractivity (Wildman–Crippen MR) is 101 cm³/mol. The van der Waals surface area contributed by atoms with E-state index in [2.05, 4.69) is 6.07 Å². The van der Waals surface area contributed by atoms with Crippen LogP contribution in [0.5, 0.6) is 0 Å². The van der Waals surface area contributed by atoms with Crippen molar-refractivity contribution in [3.63, 3.8) is 0 Å². The molecule has 0 radical (unpaired) electrons. The molecule has 0 aliphatic rings. The van der Waals surface area contributed by atoms with E-state index in [1.807, 2.05) is 18.2 Å². The number of allylic oxidation sites excluding steroid dienone is 1. The summed E-state index contributed by atoms with van der Waals surface area (Å²) in [5.41, 5.74) is 0.921. The second-order valence-electron chi connectivity index (χ2n) is 5.19. The quantitative estimate of drug-likeness (QED) is 0.304. The van der Waals surface area contributed by atoms with Crippen molar-refractivity contribution in [1.29, 1.82) is 5.26 Å². The lowest BCUT2D eigenvalue weighted by atomic mass is 10.1. The summed E-state index contributed by atoms with van der Waals surface area (Å²) in [7, 11) is 0. The fraction of sp³-hybridized carbons (Fsp3) is 0. The van der Waals surface area contributed by atoms with Gasteiger partial charge in [0.2, 0.25) is 0 Å². The van der Waals surface area contributed by atoms with E-state index in [1.54, 1.807) is 36.4 Å². The number of hydrogen-bond donors (Lipinski definition) is 0. The standard InChI is InChI=1S/C19H11ClN2O3S/c20-15-3-8-18(9-4-15)26-19-10-7-17(25-19)11-14(12-21)13-1-5-16(6-2-13)22(23)24/h1-11H. The average Bonchev–Trinajstić information content (AvgIpc) is 3.09. The Kier molecular flexibility index (Phi) is 5.42. The third-order valence-corrected chi connectivity index (χ3v) is 4.61. The molecule has 128 valence electrons. The molecule has 0 N–H and O–H groups in total. The number of halogens is 1. The maximum Gasteiger partial charge on any atom is 0.269 e. The summed E-state index contributed by atoms with van der Waals surface area (Å²) in [4.78, 5) is 11.2. The van der Waals surface area contributed by atoms with Crippen molar-refractivity contribution < 1.29 is 9.34 Å². The molecule has 0 aliphatic carbocycles. The second kappa shape index (κ2) is 7.91. The van der Waals surface area contributed by atoms with Crippen LogP contribution in [0.3, 0.4) is 0 Å². The van der Waals surface area contributed by atoms with E-state index in [1.165, 1.54) is 23.9 Å². The number of furan rings is 1. The van der Waals surface area contributed by atoms with Crippen molar-refractivity contribution in [2.45, 2.75) is 9.99 Å². The summed E-state index contributed by atoms with van der Waals surface area (Å²) >= 11 is 7.31. The highest BCUT2D eigenvalue weighted by Gasteiger charge is 2.09. The number of non-ortho nitro benzene ring substituents is 1. The van der Waals surface area contributed by atoms with Crippen LogP contribution < -0.4 is 0 Å².